The molecule has 0 aliphatic rings. The Hall–Kier alpha value is -1.65. The first-order valence-corrected chi connectivity index (χ1v) is 6.01. The molecule has 0 saturated carbocycles. The first kappa shape index (κ1) is 11.4. The van der Waals surface area contributed by atoms with E-state index in [2.05, 4.69) is 9.71 Å². The van der Waals surface area contributed by atoms with Crippen molar-refractivity contribution in [1.29, 1.82) is 0 Å². The van der Waals surface area contributed by atoms with E-state index in [0.29, 0.717) is 5.69 Å². The van der Waals surface area contributed by atoms with Crippen LogP contribution in [0.3, 0.4) is 0 Å². The van der Waals surface area contributed by atoms with Crippen LogP contribution in [0.25, 0.3) is 0 Å². The van der Waals surface area contributed by atoms with Gasteiger partial charge < -0.3 is 0 Å². The third kappa shape index (κ3) is 4.39. The van der Waals surface area contributed by atoms with E-state index in [1.54, 1.807) is 24.3 Å². The van der Waals surface area contributed by atoms with Crippen LogP contribution in [0.1, 0.15) is 5.56 Å². The summed E-state index contributed by atoms with van der Waals surface area (Å²) in [7, 11) is -3.24. The van der Waals surface area contributed by atoms with Crippen LogP contribution in [0.4, 0.5) is 5.69 Å². The Morgan fingerprint density at radius 2 is 1.93 bits per heavy atom. The fourth-order valence-corrected chi connectivity index (χ4v) is 1.58. The van der Waals surface area contributed by atoms with Crippen molar-refractivity contribution in [3.8, 4) is 0 Å². The van der Waals surface area contributed by atoms with E-state index in [0.717, 1.165) is 11.8 Å². The first-order chi connectivity index (χ1) is 7.01. The second kappa shape index (κ2) is 4.72. The molecule has 6 heteroatoms. The molecule has 0 saturated heterocycles. The molecule has 5 nitrogen and oxygen atoms in total. The summed E-state index contributed by atoms with van der Waals surface area (Å²) in [5.74, 6) is 0. The average Bonchev–Trinajstić information content (AvgIpc) is 2.14. The van der Waals surface area contributed by atoms with Gasteiger partial charge in [-0.3, -0.25) is 4.72 Å². The van der Waals surface area contributed by atoms with E-state index in [1.807, 2.05) is 0 Å². The molecule has 0 amide bonds. The lowest BCUT2D eigenvalue weighted by Gasteiger charge is -2.03. The Balaban J connectivity index is 2.76. The van der Waals surface area contributed by atoms with Crippen LogP contribution in [-0.2, 0) is 21.4 Å². The number of nitrogens with zero attached hydrogens (tertiary/aromatic N) is 1. The monoisotopic (exact) mass is 226 g/mol. The molecule has 1 aromatic rings. The van der Waals surface area contributed by atoms with Gasteiger partial charge in [0.1, 0.15) is 0 Å². The van der Waals surface area contributed by atoms with Gasteiger partial charge in [0.25, 0.3) is 0 Å². The molecule has 0 aliphatic carbocycles. The molecule has 0 bridgehead atoms. The molecule has 0 radical (unpaired) electrons. The average molecular weight is 226 g/mol. The van der Waals surface area contributed by atoms with Gasteiger partial charge >= 0.3 is 0 Å². The quantitative estimate of drug-likeness (QED) is 0.612. The van der Waals surface area contributed by atoms with Gasteiger partial charge in [-0.1, -0.05) is 12.1 Å². The molecular formula is C9H10N2O3S. The summed E-state index contributed by atoms with van der Waals surface area (Å²) in [6.07, 6.45) is 2.51. The number of sulfonamides is 1. The summed E-state index contributed by atoms with van der Waals surface area (Å²) >= 11 is 0. The Morgan fingerprint density at radius 1 is 1.33 bits per heavy atom. The van der Waals surface area contributed by atoms with Crippen LogP contribution in [0.15, 0.2) is 29.3 Å². The molecule has 1 aromatic carbocycles. The van der Waals surface area contributed by atoms with Gasteiger partial charge in [-0.15, -0.1) is 0 Å². The Kier molecular flexibility index (Phi) is 3.60. The van der Waals surface area contributed by atoms with Gasteiger partial charge in [0, 0.05) is 5.69 Å². The summed E-state index contributed by atoms with van der Waals surface area (Å²) in [6.45, 7) is 0.253. The summed E-state index contributed by atoms with van der Waals surface area (Å²) < 4.78 is 24.1. The molecule has 1 N–H and O–H groups in total. The van der Waals surface area contributed by atoms with Gasteiger partial charge in [-0.05, 0) is 17.7 Å². The van der Waals surface area contributed by atoms with E-state index in [1.165, 1.54) is 6.08 Å². The summed E-state index contributed by atoms with van der Waals surface area (Å²) in [5.41, 5.74) is 1.30. The number of hydrogen-bond donors (Lipinski definition) is 1. The minimum atomic E-state index is -3.24. The van der Waals surface area contributed by atoms with Gasteiger partial charge in [-0.2, -0.15) is 0 Å². The van der Waals surface area contributed by atoms with Crippen molar-refractivity contribution in [2.45, 2.75) is 6.54 Å². The zero-order chi connectivity index (χ0) is 11.3. The lowest BCUT2D eigenvalue weighted by Crippen LogP contribution is -2.09. The van der Waals surface area contributed by atoms with Crippen molar-refractivity contribution in [3.63, 3.8) is 0 Å². The molecule has 0 atom stereocenters. The fraction of sp³-hybridized carbons (Fsp3) is 0.222. The topological polar surface area (TPSA) is 75.6 Å². The summed E-state index contributed by atoms with van der Waals surface area (Å²) in [6, 6.07) is 6.59. The molecule has 0 aromatic heterocycles. The van der Waals surface area contributed by atoms with Crippen molar-refractivity contribution in [1.82, 2.24) is 0 Å². The van der Waals surface area contributed by atoms with Crippen molar-refractivity contribution in [3.05, 3.63) is 29.8 Å². The van der Waals surface area contributed by atoms with Crippen LogP contribution in [0.2, 0.25) is 0 Å². The molecular weight excluding hydrogens is 216 g/mol. The highest BCUT2D eigenvalue weighted by atomic mass is 32.2. The first-order valence-electron chi connectivity index (χ1n) is 4.11. The maximum absolute atomic E-state index is 10.9. The highest BCUT2D eigenvalue weighted by Crippen LogP contribution is 2.11. The van der Waals surface area contributed by atoms with Gasteiger partial charge in [0.15, 0.2) is 0 Å². The molecule has 80 valence electrons. The minimum absolute atomic E-state index is 0.253. The standard InChI is InChI=1S/C9H10N2O3S/c1-15(13,14)11-9-4-2-8(3-5-9)6-10-7-12/h2-5,11H,6H2,1H3. The van der Waals surface area contributed by atoms with E-state index in [-0.39, 0.29) is 6.54 Å². The lowest BCUT2D eigenvalue weighted by atomic mass is 10.2. The van der Waals surface area contributed by atoms with Crippen molar-refractivity contribution in [2.75, 3.05) is 11.0 Å². The molecule has 15 heavy (non-hydrogen) atoms. The zero-order valence-electron chi connectivity index (χ0n) is 8.10. The fourth-order valence-electron chi connectivity index (χ4n) is 1.02. The van der Waals surface area contributed by atoms with Gasteiger partial charge in [0.2, 0.25) is 16.1 Å². The van der Waals surface area contributed by atoms with E-state index in [9.17, 15) is 13.2 Å². The van der Waals surface area contributed by atoms with Gasteiger partial charge in [-0.25, -0.2) is 18.2 Å². The van der Waals surface area contributed by atoms with E-state index >= 15 is 0 Å². The number of carbonyl (C=O) groups excluding carboxylic acids is 1. The third-order valence-corrected chi connectivity index (χ3v) is 2.19. The number of anilines is 1. The predicted molar refractivity (Wildman–Crippen MR) is 56.7 cm³/mol. The van der Waals surface area contributed by atoms with Crippen LogP contribution in [0.5, 0.6) is 0 Å². The Bertz CT molecular complexity index is 473. The molecule has 0 heterocycles. The number of isocyanates is 1. The second-order valence-electron chi connectivity index (χ2n) is 2.98. The van der Waals surface area contributed by atoms with Crippen molar-refractivity contribution in [2.24, 2.45) is 4.99 Å². The molecule has 0 spiro atoms. The number of aliphatic imine (C=N–C) groups is 1. The summed E-state index contributed by atoms with van der Waals surface area (Å²) in [4.78, 5) is 13.3. The maximum Gasteiger partial charge on any atom is 0.235 e. The third-order valence-electron chi connectivity index (χ3n) is 1.58. The van der Waals surface area contributed by atoms with Gasteiger partial charge in [0.05, 0.1) is 12.8 Å². The lowest BCUT2D eigenvalue weighted by molar-refractivity contribution is 0.563. The molecule has 0 aliphatic heterocycles. The zero-order valence-corrected chi connectivity index (χ0v) is 8.91. The summed E-state index contributed by atoms with van der Waals surface area (Å²) in [5, 5.41) is 0. The number of hydrogen-bond acceptors (Lipinski definition) is 4. The Labute approximate surface area is 87.9 Å². The van der Waals surface area contributed by atoms with Crippen molar-refractivity contribution >= 4 is 21.8 Å². The Morgan fingerprint density at radius 3 is 2.40 bits per heavy atom. The predicted octanol–water partition coefficient (Wildman–Crippen LogP) is 0.894. The van der Waals surface area contributed by atoms with Crippen LogP contribution >= 0.6 is 0 Å². The molecule has 1 rings (SSSR count). The SMILES string of the molecule is CS(=O)(=O)Nc1ccc(CN=C=O)cc1. The highest BCUT2D eigenvalue weighted by molar-refractivity contribution is 7.92. The van der Waals surface area contributed by atoms with Crippen LogP contribution in [-0.4, -0.2) is 20.8 Å². The number of rotatable bonds is 4. The molecule has 0 fully saturated rings. The highest BCUT2D eigenvalue weighted by Gasteiger charge is 2.00. The number of nitrogens with one attached hydrogen (secondary N) is 1. The van der Waals surface area contributed by atoms with Crippen LogP contribution in [0, 0.1) is 0 Å². The molecule has 0 unspecified atom stereocenters. The second-order valence-corrected chi connectivity index (χ2v) is 4.73. The minimum Gasteiger partial charge on any atom is -0.284 e. The normalized spacial score (nSPS) is 10.5. The van der Waals surface area contributed by atoms with E-state index < -0.39 is 10.0 Å². The largest absolute Gasteiger partial charge is 0.284 e. The van der Waals surface area contributed by atoms with E-state index in [4.69, 9.17) is 0 Å². The number of benzene rings is 1. The van der Waals surface area contributed by atoms with Crippen molar-refractivity contribution < 1.29 is 13.2 Å². The maximum atomic E-state index is 10.9. The van der Waals surface area contributed by atoms with Crippen LogP contribution < -0.4 is 4.72 Å². The smallest absolute Gasteiger partial charge is 0.235 e.